The number of nitrogens with zero attached hydrogens (tertiary/aromatic N) is 1. The van der Waals surface area contributed by atoms with Crippen LogP contribution in [0.4, 0.5) is 0 Å². The molecule has 2 aliphatic heterocycles. The molecule has 46 heavy (non-hydrogen) atoms. The molecule has 5 N–H and O–H groups in total. The predicted octanol–water partition coefficient (Wildman–Crippen LogP) is -3.34. The van der Waals surface area contributed by atoms with Crippen molar-refractivity contribution in [2.45, 2.75) is 25.7 Å². The van der Waals surface area contributed by atoms with E-state index in [9.17, 15) is 38.4 Å². The molecule has 0 radical (unpaired) electrons. The van der Waals surface area contributed by atoms with E-state index in [2.05, 4.69) is 26.6 Å². The molecular weight excluding hydrogens is 608 g/mol. The summed E-state index contributed by atoms with van der Waals surface area (Å²) in [5.74, 6) is -5.06. The third-order valence-corrected chi connectivity index (χ3v) is 6.47. The predicted molar refractivity (Wildman–Crippen MR) is 156 cm³/mol. The quantitative estimate of drug-likeness (QED) is 0.0640. The largest absolute Gasteiger partial charge is 0.354 e. The van der Waals surface area contributed by atoms with E-state index < -0.39 is 79.2 Å². The Bertz CT molecular complexity index is 1310. The topological polar surface area (TPSA) is 228 Å². The number of amides is 7. The van der Waals surface area contributed by atoms with E-state index in [1.807, 2.05) is 0 Å². The summed E-state index contributed by atoms with van der Waals surface area (Å²) in [6.45, 7) is -0.663. The lowest BCUT2D eigenvalue weighted by Crippen LogP contribution is -2.52. The summed E-state index contributed by atoms with van der Waals surface area (Å²) in [6.07, 6.45) is 1.48. The summed E-state index contributed by atoms with van der Waals surface area (Å²) in [5, 5.41) is 12.1. The van der Waals surface area contributed by atoms with E-state index in [0.29, 0.717) is 0 Å². The van der Waals surface area contributed by atoms with Crippen molar-refractivity contribution in [3.63, 3.8) is 0 Å². The normalized spacial score (nSPS) is 18.0. The molecule has 2 heterocycles. The minimum absolute atomic E-state index is 0.0651. The third-order valence-electron chi connectivity index (χ3n) is 6.47. The molecule has 2 aliphatic rings. The van der Waals surface area contributed by atoms with Gasteiger partial charge in [-0.15, -0.1) is 0 Å². The first kappa shape index (κ1) is 35.5. The number of Topliss-reactive ketones (excluding diaryl/α,β-unsaturated/α-hetero) is 1. The Labute approximate surface area is 263 Å². The third kappa shape index (κ3) is 12.2. The van der Waals surface area contributed by atoms with E-state index in [1.165, 1.54) is 6.92 Å². The molecule has 0 saturated carbocycles. The van der Waals surface area contributed by atoms with Gasteiger partial charge in [-0.2, -0.15) is 0 Å². The van der Waals surface area contributed by atoms with Crippen LogP contribution in [-0.4, -0.2) is 117 Å². The van der Waals surface area contributed by atoms with Gasteiger partial charge in [0.15, 0.2) is 12.1 Å². The fourth-order valence-electron chi connectivity index (χ4n) is 4.10. The van der Waals surface area contributed by atoms with Crippen molar-refractivity contribution in [1.82, 2.24) is 31.5 Å². The van der Waals surface area contributed by atoms with Gasteiger partial charge >= 0.3 is 0 Å². The van der Waals surface area contributed by atoms with Crippen molar-refractivity contribution in [2.75, 3.05) is 52.7 Å². The summed E-state index contributed by atoms with van der Waals surface area (Å²) >= 11 is 0. The maximum Gasteiger partial charge on any atom is 0.253 e. The fraction of sp³-hybridized carbons (Fsp3) is 0.448. The van der Waals surface area contributed by atoms with Crippen LogP contribution in [0.3, 0.4) is 0 Å². The highest BCUT2D eigenvalue weighted by Crippen LogP contribution is 2.15. The Kier molecular flexibility index (Phi) is 13.9. The summed E-state index contributed by atoms with van der Waals surface area (Å²) < 4.78 is 15.8. The molecule has 0 unspecified atom stereocenters. The summed E-state index contributed by atoms with van der Waals surface area (Å²) in [7, 11) is 0. The number of hydrogen-bond donors (Lipinski definition) is 5. The molecule has 1 saturated heterocycles. The number of nitrogens with one attached hydrogen (secondary N) is 5. The van der Waals surface area contributed by atoms with Crippen LogP contribution in [-0.2, 0) is 59.0 Å². The molecule has 0 spiro atoms. The lowest BCUT2D eigenvalue weighted by molar-refractivity contribution is -0.207. The van der Waals surface area contributed by atoms with Crippen LogP contribution >= 0.6 is 0 Å². The molecule has 0 aromatic heterocycles. The number of imide groups is 1. The molecule has 0 bridgehead atoms. The lowest BCUT2D eigenvalue weighted by atomic mass is 10.1. The fourth-order valence-corrected chi connectivity index (χ4v) is 4.10. The molecule has 7 amide bonds. The smallest absolute Gasteiger partial charge is 0.253 e. The van der Waals surface area contributed by atoms with Crippen molar-refractivity contribution >= 4 is 47.1 Å². The van der Waals surface area contributed by atoms with Crippen LogP contribution in [0, 0.1) is 5.92 Å². The Morgan fingerprint density at radius 1 is 0.848 bits per heavy atom. The minimum Gasteiger partial charge on any atom is -0.354 e. The van der Waals surface area contributed by atoms with Gasteiger partial charge < -0.3 is 40.8 Å². The van der Waals surface area contributed by atoms with Crippen LogP contribution < -0.4 is 26.6 Å². The lowest BCUT2D eigenvalue weighted by Gasteiger charge is -2.30. The second kappa shape index (κ2) is 18.1. The van der Waals surface area contributed by atoms with Crippen molar-refractivity contribution in [1.29, 1.82) is 0 Å². The second-order valence-corrected chi connectivity index (χ2v) is 10.2. The van der Waals surface area contributed by atoms with Crippen molar-refractivity contribution in [3.8, 4) is 0 Å². The van der Waals surface area contributed by atoms with Gasteiger partial charge in [0.05, 0.1) is 45.3 Å². The Morgan fingerprint density at radius 2 is 1.46 bits per heavy atom. The van der Waals surface area contributed by atoms with Crippen LogP contribution in [0.2, 0.25) is 0 Å². The first-order valence-corrected chi connectivity index (χ1v) is 14.3. The van der Waals surface area contributed by atoms with Crippen LogP contribution in [0.5, 0.6) is 0 Å². The molecule has 1 aromatic rings. The second-order valence-electron chi connectivity index (χ2n) is 10.2. The van der Waals surface area contributed by atoms with Gasteiger partial charge in [0.2, 0.25) is 29.5 Å². The van der Waals surface area contributed by atoms with Gasteiger partial charge in [0, 0.05) is 18.6 Å². The van der Waals surface area contributed by atoms with E-state index >= 15 is 0 Å². The number of ether oxygens (including phenoxy) is 3. The first-order chi connectivity index (χ1) is 22.0. The standard InChI is InChI=1S/C29H36N6O11/c1-18(36)14-44-17-33-23(38)11-32-29(43)21(9-19-5-3-2-4-6-19)34-24(39)12-30-22(37)10-31-28(42)20-15-45-27(46-16-20)13-35-25(40)7-8-26(35)41/h2-8,20-21,27H,9-17H2,1H3,(H,30,37)(H,31,42)(H,32,43)(H,33,38)(H,34,39)/t20?,21-,27?/m0/s1. The van der Waals surface area contributed by atoms with Gasteiger partial charge in [0.25, 0.3) is 11.8 Å². The molecule has 248 valence electrons. The monoisotopic (exact) mass is 644 g/mol. The van der Waals surface area contributed by atoms with Crippen molar-refractivity contribution in [2.24, 2.45) is 5.92 Å². The van der Waals surface area contributed by atoms with Crippen molar-refractivity contribution < 1.29 is 52.6 Å². The summed E-state index contributed by atoms with van der Waals surface area (Å²) in [5.41, 5.74) is 0.730. The zero-order valence-corrected chi connectivity index (χ0v) is 25.1. The molecular formula is C29H36N6O11. The molecule has 1 atom stereocenters. The van der Waals surface area contributed by atoms with Gasteiger partial charge in [-0.3, -0.25) is 43.3 Å². The van der Waals surface area contributed by atoms with Crippen LogP contribution in [0.25, 0.3) is 0 Å². The van der Waals surface area contributed by atoms with Gasteiger partial charge in [-0.1, -0.05) is 30.3 Å². The highest BCUT2D eigenvalue weighted by molar-refractivity contribution is 6.12. The number of carbonyl (C=O) groups excluding carboxylic acids is 8. The van der Waals surface area contributed by atoms with E-state index in [0.717, 1.165) is 22.6 Å². The molecule has 0 aliphatic carbocycles. The number of hydrogen-bond acceptors (Lipinski definition) is 11. The average Bonchev–Trinajstić information content (AvgIpc) is 3.36. The highest BCUT2D eigenvalue weighted by Gasteiger charge is 2.32. The molecule has 17 heteroatoms. The van der Waals surface area contributed by atoms with Gasteiger partial charge in [-0.05, 0) is 12.5 Å². The maximum atomic E-state index is 12.8. The summed E-state index contributed by atoms with van der Waals surface area (Å²) in [6, 6.07) is 7.73. The zero-order chi connectivity index (χ0) is 33.5. The van der Waals surface area contributed by atoms with E-state index in [4.69, 9.17) is 14.2 Å². The van der Waals surface area contributed by atoms with E-state index in [-0.39, 0.29) is 45.3 Å². The minimum atomic E-state index is -1.08. The SMILES string of the molecule is CC(=O)COCNC(=O)CNC(=O)[C@H](Cc1ccccc1)NC(=O)CNC(=O)CNC(=O)C1COC(CN2C(=O)C=CC2=O)OC1. The Balaban J connectivity index is 1.38. The zero-order valence-electron chi connectivity index (χ0n) is 25.1. The van der Waals surface area contributed by atoms with Gasteiger partial charge in [0.1, 0.15) is 19.4 Å². The molecule has 1 aromatic carbocycles. The van der Waals surface area contributed by atoms with E-state index in [1.54, 1.807) is 30.3 Å². The van der Waals surface area contributed by atoms with Crippen LogP contribution in [0.1, 0.15) is 12.5 Å². The van der Waals surface area contributed by atoms with Gasteiger partial charge in [-0.25, -0.2) is 0 Å². The highest BCUT2D eigenvalue weighted by atomic mass is 16.7. The number of ketones is 1. The molecule has 1 fully saturated rings. The number of rotatable bonds is 17. The Morgan fingerprint density at radius 3 is 2.11 bits per heavy atom. The van der Waals surface area contributed by atoms with Crippen LogP contribution in [0.15, 0.2) is 42.5 Å². The first-order valence-electron chi connectivity index (χ1n) is 14.3. The van der Waals surface area contributed by atoms with Crippen molar-refractivity contribution in [3.05, 3.63) is 48.0 Å². The molecule has 3 rings (SSSR count). The number of benzene rings is 1. The summed E-state index contributed by atoms with van der Waals surface area (Å²) in [4.78, 5) is 97.3. The maximum absolute atomic E-state index is 12.8. The average molecular weight is 645 g/mol. The Hall–Kier alpha value is -5.00. The number of carbonyl (C=O) groups is 8. The molecule has 17 nitrogen and oxygen atoms in total.